The molecular formula is C18H20Cl2N4O2. The van der Waals surface area contributed by atoms with Crippen molar-refractivity contribution in [2.24, 2.45) is 0 Å². The highest BCUT2D eigenvalue weighted by Gasteiger charge is 2.33. The first-order valence-electron chi connectivity index (χ1n) is 8.57. The molecule has 2 amide bonds. The molecule has 1 aromatic heterocycles. The van der Waals surface area contributed by atoms with Crippen LogP contribution in [0.15, 0.2) is 36.7 Å². The van der Waals surface area contributed by atoms with Crippen LogP contribution in [0.3, 0.4) is 0 Å². The molecule has 0 saturated carbocycles. The molecule has 1 N–H and O–H groups in total. The van der Waals surface area contributed by atoms with Gasteiger partial charge in [0.15, 0.2) is 0 Å². The normalized spacial score (nSPS) is 16.7. The van der Waals surface area contributed by atoms with E-state index >= 15 is 0 Å². The Balaban J connectivity index is 1.56. The minimum atomic E-state index is -0.454. The van der Waals surface area contributed by atoms with E-state index < -0.39 is 6.04 Å². The molecule has 1 aliphatic rings. The van der Waals surface area contributed by atoms with Crippen LogP contribution in [0.4, 0.5) is 5.69 Å². The number of aryl methyl sites for hydroxylation is 1. The number of nitrogens with zero attached hydrogens (tertiary/aromatic N) is 3. The van der Waals surface area contributed by atoms with Crippen molar-refractivity contribution in [3.8, 4) is 0 Å². The van der Waals surface area contributed by atoms with Gasteiger partial charge in [0, 0.05) is 47.6 Å². The number of halogens is 2. The SMILES string of the molecule is O=C(Nc1cc(Cl)cc(Cl)c1)C1CCCN1C(=O)CCCn1cccn1. The molecule has 1 aromatic carbocycles. The topological polar surface area (TPSA) is 67.2 Å². The van der Waals surface area contributed by atoms with E-state index in [0.29, 0.717) is 48.1 Å². The first kappa shape index (κ1) is 18.7. The third-order valence-electron chi connectivity index (χ3n) is 4.34. The number of carbonyl (C=O) groups excluding carboxylic acids is 2. The number of anilines is 1. The largest absolute Gasteiger partial charge is 0.331 e. The summed E-state index contributed by atoms with van der Waals surface area (Å²) >= 11 is 11.9. The number of rotatable bonds is 6. The first-order chi connectivity index (χ1) is 12.5. The second kappa shape index (κ2) is 8.56. The van der Waals surface area contributed by atoms with Crippen molar-refractivity contribution < 1.29 is 9.59 Å². The van der Waals surface area contributed by atoms with Crippen molar-refractivity contribution in [2.75, 3.05) is 11.9 Å². The first-order valence-corrected chi connectivity index (χ1v) is 9.32. The Labute approximate surface area is 162 Å². The van der Waals surface area contributed by atoms with Gasteiger partial charge in [-0.05, 0) is 43.5 Å². The standard InChI is InChI=1S/C18H20Cl2N4O2/c19-13-10-14(20)12-15(11-13)22-18(26)16-4-1-9-24(16)17(25)5-2-7-23-8-3-6-21-23/h3,6,8,10-12,16H,1-2,4-5,7,9H2,(H,22,26). The fourth-order valence-electron chi connectivity index (χ4n) is 3.16. The van der Waals surface area contributed by atoms with Crippen LogP contribution in [0.25, 0.3) is 0 Å². The van der Waals surface area contributed by atoms with Crippen LogP contribution in [0.2, 0.25) is 10.0 Å². The van der Waals surface area contributed by atoms with E-state index in [9.17, 15) is 9.59 Å². The van der Waals surface area contributed by atoms with E-state index in [4.69, 9.17) is 23.2 Å². The Morgan fingerprint density at radius 3 is 2.69 bits per heavy atom. The molecule has 0 radical (unpaired) electrons. The van der Waals surface area contributed by atoms with Crippen LogP contribution >= 0.6 is 23.2 Å². The third kappa shape index (κ3) is 4.77. The summed E-state index contributed by atoms with van der Waals surface area (Å²) in [6.45, 7) is 1.29. The molecule has 1 atom stereocenters. The van der Waals surface area contributed by atoms with Gasteiger partial charge in [0.05, 0.1) is 0 Å². The summed E-state index contributed by atoms with van der Waals surface area (Å²) in [6.07, 6.45) is 6.14. The minimum Gasteiger partial charge on any atom is -0.331 e. The average molecular weight is 395 g/mol. The van der Waals surface area contributed by atoms with Gasteiger partial charge < -0.3 is 10.2 Å². The van der Waals surface area contributed by atoms with Gasteiger partial charge in [-0.3, -0.25) is 14.3 Å². The van der Waals surface area contributed by atoms with Gasteiger partial charge in [-0.15, -0.1) is 0 Å². The second-order valence-electron chi connectivity index (χ2n) is 6.27. The summed E-state index contributed by atoms with van der Waals surface area (Å²) in [5.41, 5.74) is 0.533. The van der Waals surface area contributed by atoms with Crippen molar-refractivity contribution in [2.45, 2.75) is 38.3 Å². The summed E-state index contributed by atoms with van der Waals surface area (Å²) in [7, 11) is 0. The van der Waals surface area contributed by atoms with Crippen molar-refractivity contribution >= 4 is 40.7 Å². The molecule has 1 unspecified atom stereocenters. The number of carbonyl (C=O) groups is 2. The quantitative estimate of drug-likeness (QED) is 0.813. The molecule has 3 rings (SSSR count). The molecule has 1 saturated heterocycles. The second-order valence-corrected chi connectivity index (χ2v) is 7.14. The highest BCUT2D eigenvalue weighted by molar-refractivity contribution is 6.35. The lowest BCUT2D eigenvalue weighted by atomic mass is 10.2. The van der Waals surface area contributed by atoms with Gasteiger partial charge in [-0.25, -0.2) is 0 Å². The molecule has 8 heteroatoms. The fourth-order valence-corrected chi connectivity index (χ4v) is 3.68. The maximum Gasteiger partial charge on any atom is 0.247 e. The molecule has 2 heterocycles. The number of benzene rings is 1. The van der Waals surface area contributed by atoms with E-state index in [1.54, 1.807) is 34.0 Å². The predicted octanol–water partition coefficient (Wildman–Crippen LogP) is 3.60. The molecule has 1 fully saturated rings. The highest BCUT2D eigenvalue weighted by atomic mass is 35.5. The smallest absolute Gasteiger partial charge is 0.247 e. The Morgan fingerprint density at radius 2 is 2.00 bits per heavy atom. The van der Waals surface area contributed by atoms with Crippen molar-refractivity contribution in [1.82, 2.24) is 14.7 Å². The maximum absolute atomic E-state index is 12.6. The van der Waals surface area contributed by atoms with Crippen LogP contribution in [0, 0.1) is 0 Å². The number of aromatic nitrogens is 2. The molecule has 26 heavy (non-hydrogen) atoms. The van der Waals surface area contributed by atoms with Gasteiger partial charge in [0.1, 0.15) is 6.04 Å². The minimum absolute atomic E-state index is 0.000988. The number of hydrogen-bond donors (Lipinski definition) is 1. The van der Waals surface area contributed by atoms with Crippen molar-refractivity contribution in [1.29, 1.82) is 0 Å². The molecule has 0 bridgehead atoms. The number of amides is 2. The third-order valence-corrected chi connectivity index (χ3v) is 4.78. The van der Waals surface area contributed by atoms with E-state index in [0.717, 1.165) is 6.42 Å². The average Bonchev–Trinajstić information content (AvgIpc) is 3.25. The summed E-state index contributed by atoms with van der Waals surface area (Å²) < 4.78 is 1.80. The van der Waals surface area contributed by atoms with Gasteiger partial charge in [0.25, 0.3) is 0 Å². The van der Waals surface area contributed by atoms with E-state index in [-0.39, 0.29) is 11.8 Å². The molecule has 1 aliphatic heterocycles. The fraction of sp³-hybridized carbons (Fsp3) is 0.389. The van der Waals surface area contributed by atoms with Crippen LogP contribution in [0.5, 0.6) is 0 Å². The lowest BCUT2D eigenvalue weighted by Gasteiger charge is -2.24. The molecular weight excluding hydrogens is 375 g/mol. The summed E-state index contributed by atoms with van der Waals surface area (Å²) in [5, 5.41) is 7.83. The van der Waals surface area contributed by atoms with Gasteiger partial charge in [-0.2, -0.15) is 5.10 Å². The lowest BCUT2D eigenvalue weighted by molar-refractivity contribution is -0.136. The van der Waals surface area contributed by atoms with Gasteiger partial charge >= 0.3 is 0 Å². The van der Waals surface area contributed by atoms with Crippen LogP contribution < -0.4 is 5.32 Å². The summed E-state index contributed by atoms with van der Waals surface area (Å²) in [4.78, 5) is 26.8. The molecule has 0 spiro atoms. The van der Waals surface area contributed by atoms with Crippen LogP contribution in [-0.2, 0) is 16.1 Å². The number of likely N-dealkylation sites (tertiary alicyclic amines) is 1. The van der Waals surface area contributed by atoms with Gasteiger partial charge in [-0.1, -0.05) is 23.2 Å². The molecule has 2 aromatic rings. The number of nitrogens with one attached hydrogen (secondary N) is 1. The Morgan fingerprint density at radius 1 is 1.23 bits per heavy atom. The van der Waals surface area contributed by atoms with Crippen LogP contribution in [0.1, 0.15) is 25.7 Å². The summed E-state index contributed by atoms with van der Waals surface area (Å²) in [6, 6.07) is 6.27. The Kier molecular flexibility index (Phi) is 6.16. The van der Waals surface area contributed by atoms with Crippen molar-refractivity contribution in [3.05, 3.63) is 46.7 Å². The van der Waals surface area contributed by atoms with E-state index in [1.807, 2.05) is 12.3 Å². The van der Waals surface area contributed by atoms with Gasteiger partial charge in [0.2, 0.25) is 11.8 Å². The molecule has 138 valence electrons. The maximum atomic E-state index is 12.6. The predicted molar refractivity (Wildman–Crippen MR) is 101 cm³/mol. The van der Waals surface area contributed by atoms with E-state index in [1.165, 1.54) is 0 Å². The lowest BCUT2D eigenvalue weighted by Crippen LogP contribution is -2.43. The Bertz CT molecular complexity index is 759. The number of hydrogen-bond acceptors (Lipinski definition) is 3. The molecule has 0 aliphatic carbocycles. The zero-order valence-corrected chi connectivity index (χ0v) is 15.7. The highest BCUT2D eigenvalue weighted by Crippen LogP contribution is 2.25. The van der Waals surface area contributed by atoms with Crippen molar-refractivity contribution in [3.63, 3.8) is 0 Å². The Hall–Kier alpha value is -2.05. The zero-order valence-electron chi connectivity index (χ0n) is 14.2. The monoisotopic (exact) mass is 394 g/mol. The molecule has 6 nitrogen and oxygen atoms in total. The summed E-state index contributed by atoms with van der Waals surface area (Å²) in [5.74, 6) is -0.208. The zero-order chi connectivity index (χ0) is 18.5. The van der Waals surface area contributed by atoms with E-state index in [2.05, 4.69) is 10.4 Å². The van der Waals surface area contributed by atoms with Crippen LogP contribution in [-0.4, -0.2) is 39.1 Å².